The Balaban J connectivity index is 1.32. The van der Waals surface area contributed by atoms with E-state index in [-0.39, 0.29) is 5.91 Å². The molecule has 3 rings (SSSR count). The topological polar surface area (TPSA) is 61.4 Å². The van der Waals surface area contributed by atoms with E-state index in [0.717, 1.165) is 49.6 Å². The van der Waals surface area contributed by atoms with Gasteiger partial charge in [-0.2, -0.15) is 0 Å². The third kappa shape index (κ3) is 5.51. The summed E-state index contributed by atoms with van der Waals surface area (Å²) in [5.74, 6) is 0.907. The van der Waals surface area contributed by atoms with Crippen LogP contribution in [0.4, 0.5) is 5.95 Å². The average molecular weight is 418 g/mol. The Morgan fingerprint density at radius 3 is 2.54 bits per heavy atom. The van der Waals surface area contributed by atoms with E-state index in [4.69, 9.17) is 0 Å². The number of amides is 1. The van der Waals surface area contributed by atoms with Crippen LogP contribution in [0.25, 0.3) is 0 Å². The Bertz CT molecular complexity index is 704. The Hall–Kier alpha value is -1.99. The molecule has 2 heterocycles. The normalized spacial score (nSPS) is 15.0. The van der Waals surface area contributed by atoms with E-state index in [0.29, 0.717) is 13.0 Å². The average Bonchev–Trinajstić information content (AvgIpc) is 2.69. The third-order valence-corrected chi connectivity index (χ3v) is 5.31. The number of hydrogen-bond donors (Lipinski definition) is 1. The lowest BCUT2D eigenvalue weighted by atomic mass is 10.1. The van der Waals surface area contributed by atoms with Gasteiger partial charge in [0.05, 0.1) is 0 Å². The van der Waals surface area contributed by atoms with Crippen LogP contribution in [0.5, 0.6) is 0 Å². The number of carbonyl (C=O) groups excluding carboxylic acids is 1. The van der Waals surface area contributed by atoms with E-state index in [9.17, 15) is 4.79 Å². The number of anilines is 1. The summed E-state index contributed by atoms with van der Waals surface area (Å²) in [7, 11) is 0. The van der Waals surface area contributed by atoms with Crippen molar-refractivity contribution >= 4 is 27.8 Å². The minimum atomic E-state index is 0.108. The van der Waals surface area contributed by atoms with Gasteiger partial charge in [0, 0.05) is 62.6 Å². The molecule has 1 aliphatic heterocycles. The molecule has 7 heteroatoms. The monoisotopic (exact) mass is 417 g/mol. The van der Waals surface area contributed by atoms with Gasteiger partial charge in [0.2, 0.25) is 11.9 Å². The fourth-order valence-electron chi connectivity index (χ4n) is 3.02. The Kier molecular flexibility index (Phi) is 6.96. The summed E-state index contributed by atoms with van der Waals surface area (Å²) in [4.78, 5) is 25.2. The second kappa shape index (κ2) is 9.64. The van der Waals surface area contributed by atoms with E-state index in [1.54, 1.807) is 12.4 Å². The molecule has 1 saturated heterocycles. The number of nitrogens with one attached hydrogen (secondary N) is 1. The summed E-state index contributed by atoms with van der Waals surface area (Å²) in [5, 5.41) is 3.03. The molecule has 0 radical (unpaired) electrons. The van der Waals surface area contributed by atoms with Gasteiger partial charge in [-0.05, 0) is 24.1 Å². The summed E-state index contributed by atoms with van der Waals surface area (Å²) < 4.78 is 1.06. The van der Waals surface area contributed by atoms with Gasteiger partial charge in [0.1, 0.15) is 0 Å². The first-order valence-corrected chi connectivity index (χ1v) is 9.76. The number of piperazine rings is 1. The fraction of sp³-hybridized carbons (Fsp3) is 0.421. The van der Waals surface area contributed by atoms with E-state index < -0.39 is 0 Å². The molecule has 1 N–H and O–H groups in total. The standard InChI is InChI=1S/C19H24BrN5O/c20-17-5-2-1-4-16(17)6-7-18(26)21-10-11-24-12-14-25(15-13-24)19-22-8-3-9-23-19/h1-5,8-9H,6-7,10-15H2,(H,21,26). The maximum absolute atomic E-state index is 12.0. The van der Waals surface area contributed by atoms with Crippen LogP contribution in [0.1, 0.15) is 12.0 Å². The van der Waals surface area contributed by atoms with Crippen LogP contribution in [0.3, 0.4) is 0 Å². The van der Waals surface area contributed by atoms with Crippen LogP contribution < -0.4 is 10.2 Å². The maximum Gasteiger partial charge on any atom is 0.225 e. The van der Waals surface area contributed by atoms with Crippen LogP contribution in [-0.4, -0.2) is 60.0 Å². The minimum absolute atomic E-state index is 0.108. The van der Waals surface area contributed by atoms with Gasteiger partial charge in [0.15, 0.2) is 0 Å². The fourth-order valence-corrected chi connectivity index (χ4v) is 3.50. The van der Waals surface area contributed by atoms with Crippen molar-refractivity contribution in [1.82, 2.24) is 20.2 Å². The molecule has 0 atom stereocenters. The molecule has 0 unspecified atom stereocenters. The molecule has 0 spiro atoms. The maximum atomic E-state index is 12.0. The van der Waals surface area contributed by atoms with Gasteiger partial charge in [-0.25, -0.2) is 9.97 Å². The Morgan fingerprint density at radius 1 is 1.08 bits per heavy atom. The number of aromatic nitrogens is 2. The lowest BCUT2D eigenvalue weighted by Crippen LogP contribution is -2.49. The molecular formula is C19H24BrN5O. The smallest absolute Gasteiger partial charge is 0.225 e. The quantitative estimate of drug-likeness (QED) is 0.747. The number of nitrogens with zero attached hydrogens (tertiary/aromatic N) is 4. The summed E-state index contributed by atoms with van der Waals surface area (Å²) in [6.45, 7) is 5.33. The lowest BCUT2D eigenvalue weighted by Gasteiger charge is -2.34. The molecule has 1 fully saturated rings. The summed E-state index contributed by atoms with van der Waals surface area (Å²) in [6, 6.07) is 9.87. The van der Waals surface area contributed by atoms with Crippen LogP contribution in [0.2, 0.25) is 0 Å². The summed E-state index contributed by atoms with van der Waals surface area (Å²) in [6.07, 6.45) is 4.82. The van der Waals surface area contributed by atoms with Crippen LogP contribution >= 0.6 is 15.9 Å². The van der Waals surface area contributed by atoms with Gasteiger partial charge in [-0.15, -0.1) is 0 Å². The first kappa shape index (κ1) is 18.8. The zero-order valence-electron chi connectivity index (χ0n) is 14.8. The number of carbonyl (C=O) groups is 1. The molecule has 1 amide bonds. The minimum Gasteiger partial charge on any atom is -0.355 e. The van der Waals surface area contributed by atoms with Crippen molar-refractivity contribution in [1.29, 1.82) is 0 Å². The second-order valence-corrected chi connectivity index (χ2v) is 7.17. The number of aryl methyl sites for hydroxylation is 1. The Morgan fingerprint density at radius 2 is 1.81 bits per heavy atom. The molecule has 0 aliphatic carbocycles. The Labute approximate surface area is 162 Å². The highest BCUT2D eigenvalue weighted by Crippen LogP contribution is 2.17. The molecule has 1 aliphatic rings. The van der Waals surface area contributed by atoms with Gasteiger partial charge in [0.25, 0.3) is 0 Å². The SMILES string of the molecule is O=C(CCc1ccccc1Br)NCCN1CCN(c2ncccn2)CC1. The largest absolute Gasteiger partial charge is 0.355 e. The van der Waals surface area contributed by atoms with Crippen LogP contribution in [-0.2, 0) is 11.2 Å². The predicted molar refractivity (Wildman–Crippen MR) is 106 cm³/mol. The molecule has 6 nitrogen and oxygen atoms in total. The highest BCUT2D eigenvalue weighted by atomic mass is 79.9. The van der Waals surface area contributed by atoms with Crippen molar-refractivity contribution < 1.29 is 4.79 Å². The molecule has 2 aromatic rings. The first-order chi connectivity index (χ1) is 12.7. The van der Waals surface area contributed by atoms with Gasteiger partial charge in [-0.1, -0.05) is 34.1 Å². The zero-order valence-corrected chi connectivity index (χ0v) is 16.4. The van der Waals surface area contributed by atoms with E-state index in [2.05, 4.69) is 41.0 Å². The van der Waals surface area contributed by atoms with E-state index in [1.807, 2.05) is 30.3 Å². The van der Waals surface area contributed by atoms with E-state index in [1.165, 1.54) is 5.56 Å². The van der Waals surface area contributed by atoms with Crippen LogP contribution in [0.15, 0.2) is 47.2 Å². The number of halogens is 1. The van der Waals surface area contributed by atoms with Crippen molar-refractivity contribution in [3.8, 4) is 0 Å². The molecule has 26 heavy (non-hydrogen) atoms. The number of benzene rings is 1. The molecular weight excluding hydrogens is 394 g/mol. The lowest BCUT2D eigenvalue weighted by molar-refractivity contribution is -0.121. The van der Waals surface area contributed by atoms with Crippen molar-refractivity contribution in [2.75, 3.05) is 44.2 Å². The molecule has 0 saturated carbocycles. The summed E-state index contributed by atoms with van der Waals surface area (Å²) >= 11 is 3.52. The van der Waals surface area contributed by atoms with Crippen molar-refractivity contribution in [2.45, 2.75) is 12.8 Å². The third-order valence-electron chi connectivity index (χ3n) is 4.54. The highest BCUT2D eigenvalue weighted by Gasteiger charge is 2.18. The van der Waals surface area contributed by atoms with Crippen molar-refractivity contribution in [3.63, 3.8) is 0 Å². The highest BCUT2D eigenvalue weighted by molar-refractivity contribution is 9.10. The molecule has 1 aromatic carbocycles. The molecule has 138 valence electrons. The van der Waals surface area contributed by atoms with E-state index >= 15 is 0 Å². The number of rotatable bonds is 7. The molecule has 1 aromatic heterocycles. The zero-order chi connectivity index (χ0) is 18.2. The van der Waals surface area contributed by atoms with Gasteiger partial charge < -0.3 is 10.2 Å². The van der Waals surface area contributed by atoms with Crippen molar-refractivity contribution in [2.24, 2.45) is 0 Å². The molecule has 0 bridgehead atoms. The van der Waals surface area contributed by atoms with Crippen molar-refractivity contribution in [3.05, 3.63) is 52.8 Å². The van der Waals surface area contributed by atoms with Gasteiger partial charge >= 0.3 is 0 Å². The summed E-state index contributed by atoms with van der Waals surface area (Å²) in [5.41, 5.74) is 1.17. The first-order valence-electron chi connectivity index (χ1n) is 8.97. The predicted octanol–water partition coefficient (Wildman–Crippen LogP) is 2.11. The number of hydrogen-bond acceptors (Lipinski definition) is 5. The second-order valence-electron chi connectivity index (χ2n) is 6.32. The van der Waals surface area contributed by atoms with Crippen LogP contribution in [0, 0.1) is 0 Å². The van der Waals surface area contributed by atoms with Gasteiger partial charge in [-0.3, -0.25) is 9.69 Å².